The van der Waals surface area contributed by atoms with E-state index in [9.17, 15) is 52.2 Å². The maximum atomic E-state index is 12.8. The van der Waals surface area contributed by atoms with Crippen molar-refractivity contribution in [1.29, 1.82) is 0 Å². The Labute approximate surface area is 103 Å². The lowest BCUT2D eigenvalue weighted by molar-refractivity contribution is -0.426. The van der Waals surface area contributed by atoms with Crippen LogP contribution in [0.4, 0.5) is 39.0 Å². The number of carboxylic acids is 1. The molecule has 0 radical (unpaired) electrons. The lowest BCUT2D eigenvalue weighted by Gasteiger charge is -2.30. The molecule has 0 aliphatic rings. The van der Waals surface area contributed by atoms with Gasteiger partial charge in [-0.1, -0.05) is 3.89 Å². The smallest absolute Gasteiger partial charge is 0.464 e. The van der Waals surface area contributed by atoms with Crippen LogP contribution in [0, 0.1) is 0 Å². The number of hydrogen-bond donors (Lipinski definition) is 1. The predicted molar refractivity (Wildman–Crippen MR) is 38.5 cm³/mol. The number of alkyl halides is 8. The van der Waals surface area contributed by atoms with Gasteiger partial charge in [0.25, 0.3) is 0 Å². The number of halogens is 9. The minimum absolute atomic E-state index is 1.75. The van der Waals surface area contributed by atoms with Gasteiger partial charge in [0.15, 0.2) is 0 Å². The number of carboxylic acid groups (broad SMARTS) is 1. The minimum atomic E-state index is -7.54. The second-order valence-electron chi connectivity index (χ2n) is 2.97. The highest BCUT2D eigenvalue weighted by molar-refractivity contribution is 7.87. The van der Waals surface area contributed by atoms with Crippen LogP contribution in [0.25, 0.3) is 0 Å². The molecule has 20 heavy (non-hydrogen) atoms. The quantitative estimate of drug-likeness (QED) is 0.608. The minimum Gasteiger partial charge on any atom is -0.477 e. The Morgan fingerprint density at radius 1 is 0.950 bits per heavy atom. The molecule has 0 amide bonds. The molecule has 0 heterocycles. The van der Waals surface area contributed by atoms with Crippen molar-refractivity contribution in [3.05, 3.63) is 0 Å². The number of ether oxygens (including phenoxy) is 1. The molecule has 5 nitrogen and oxygen atoms in total. The van der Waals surface area contributed by atoms with Gasteiger partial charge in [0, 0.05) is 0 Å². The molecule has 0 saturated heterocycles. The van der Waals surface area contributed by atoms with Crippen LogP contribution in [0.2, 0.25) is 0 Å². The third-order valence-corrected chi connectivity index (χ3v) is 2.40. The summed E-state index contributed by atoms with van der Waals surface area (Å²) in [5.41, 5.74) is 0. The van der Waals surface area contributed by atoms with E-state index in [1.807, 2.05) is 0 Å². The maximum Gasteiger partial charge on any atom is 0.464 e. The average molecular weight is 344 g/mol. The third kappa shape index (κ3) is 2.92. The molecule has 1 N–H and O–H groups in total. The van der Waals surface area contributed by atoms with Crippen LogP contribution in [0.1, 0.15) is 0 Å². The lowest BCUT2D eigenvalue weighted by atomic mass is 10.3. The summed E-state index contributed by atoms with van der Waals surface area (Å²) in [6.45, 7) is 0. The van der Waals surface area contributed by atoms with Gasteiger partial charge in [0.05, 0.1) is 0 Å². The van der Waals surface area contributed by atoms with Gasteiger partial charge >= 0.3 is 39.6 Å². The highest BCUT2D eigenvalue weighted by Crippen LogP contribution is 2.47. The summed E-state index contributed by atoms with van der Waals surface area (Å²) in [5.74, 6) is -10.2. The van der Waals surface area contributed by atoms with Crippen molar-refractivity contribution in [1.82, 2.24) is 0 Å². The van der Waals surface area contributed by atoms with E-state index in [2.05, 4.69) is 0 Å². The second kappa shape index (κ2) is 4.64. The Balaban J connectivity index is 5.86. The third-order valence-electron chi connectivity index (χ3n) is 1.55. The molecule has 0 aliphatic carbocycles. The molecule has 1 atom stereocenters. The SMILES string of the molecule is O=C(O)C(F)(OC(F)(F)C(F)(F)S(=O)(=O)F)C(F)(F)F. The van der Waals surface area contributed by atoms with Crippen molar-refractivity contribution in [2.24, 2.45) is 0 Å². The number of rotatable bonds is 5. The van der Waals surface area contributed by atoms with E-state index >= 15 is 0 Å². The fraction of sp³-hybridized carbons (Fsp3) is 0.800. The Morgan fingerprint density at radius 3 is 1.50 bits per heavy atom. The number of hydrogen-bond acceptors (Lipinski definition) is 4. The van der Waals surface area contributed by atoms with E-state index in [-0.39, 0.29) is 0 Å². The lowest BCUT2D eigenvalue weighted by Crippen LogP contribution is -2.59. The van der Waals surface area contributed by atoms with E-state index in [0.717, 1.165) is 0 Å². The summed E-state index contributed by atoms with van der Waals surface area (Å²) in [4.78, 5) is 9.88. The number of carbonyl (C=O) groups is 1. The van der Waals surface area contributed by atoms with Crippen LogP contribution >= 0.6 is 0 Å². The van der Waals surface area contributed by atoms with Crippen molar-refractivity contribution in [2.75, 3.05) is 0 Å². The maximum absolute atomic E-state index is 12.8. The van der Waals surface area contributed by atoms with E-state index in [1.165, 1.54) is 0 Å². The summed E-state index contributed by atoms with van der Waals surface area (Å²) in [7, 11) is -7.54. The molecule has 0 rings (SSSR count). The Bertz CT molecular complexity index is 495. The predicted octanol–water partition coefficient (Wildman–Crippen LogP) is 1.80. The van der Waals surface area contributed by atoms with Gasteiger partial charge in [-0.3, -0.25) is 4.74 Å². The van der Waals surface area contributed by atoms with Gasteiger partial charge in [0.2, 0.25) is 0 Å². The standard InChI is InChI=1S/C5HF9O5S/c6-2(1(15)16,3(7,8)9)19-4(10,11)5(12,13)20(14,17)18/h(H,15,16). The zero-order chi connectivity index (χ0) is 16.8. The van der Waals surface area contributed by atoms with Crippen molar-refractivity contribution in [3.63, 3.8) is 0 Å². The summed E-state index contributed by atoms with van der Waals surface area (Å²) >= 11 is 0. The Morgan fingerprint density at radius 2 is 1.30 bits per heavy atom. The largest absolute Gasteiger partial charge is 0.477 e. The molecular weight excluding hydrogens is 343 g/mol. The van der Waals surface area contributed by atoms with Crippen molar-refractivity contribution in [2.45, 2.75) is 23.4 Å². The van der Waals surface area contributed by atoms with Crippen LogP contribution in [0.3, 0.4) is 0 Å². The molecule has 120 valence electrons. The fourth-order valence-electron chi connectivity index (χ4n) is 0.601. The van der Waals surface area contributed by atoms with Gasteiger partial charge in [-0.15, -0.1) is 0 Å². The molecule has 0 fully saturated rings. The highest BCUT2D eigenvalue weighted by atomic mass is 32.3. The summed E-state index contributed by atoms with van der Waals surface area (Å²) in [5, 5.41) is 0.798. The second-order valence-corrected chi connectivity index (χ2v) is 4.36. The molecule has 1 unspecified atom stereocenters. The van der Waals surface area contributed by atoms with Crippen LogP contribution in [0.15, 0.2) is 0 Å². The van der Waals surface area contributed by atoms with E-state index in [4.69, 9.17) is 5.11 Å². The number of aliphatic carboxylic acids is 1. The Hall–Kier alpha value is -1.25. The molecule has 15 heteroatoms. The van der Waals surface area contributed by atoms with Gasteiger partial charge in [-0.25, -0.2) is 4.79 Å². The zero-order valence-corrected chi connectivity index (χ0v) is 9.21. The molecular formula is C5HF9O5S. The monoisotopic (exact) mass is 344 g/mol. The Kier molecular flexibility index (Phi) is 4.35. The summed E-state index contributed by atoms with van der Waals surface area (Å²) in [6, 6.07) is 0. The van der Waals surface area contributed by atoms with E-state index in [1.54, 1.807) is 4.74 Å². The topological polar surface area (TPSA) is 80.7 Å². The van der Waals surface area contributed by atoms with E-state index in [0.29, 0.717) is 0 Å². The van der Waals surface area contributed by atoms with Crippen LogP contribution < -0.4 is 0 Å². The molecule has 0 aliphatic heterocycles. The normalized spacial score (nSPS) is 17.6. The fourth-order valence-corrected chi connectivity index (χ4v) is 0.926. The van der Waals surface area contributed by atoms with Gasteiger partial charge in [-0.2, -0.15) is 43.5 Å². The molecule has 0 bridgehead atoms. The first-order valence-electron chi connectivity index (χ1n) is 3.79. The molecule has 0 aromatic rings. The molecule has 0 aromatic carbocycles. The molecule has 0 saturated carbocycles. The van der Waals surface area contributed by atoms with Crippen LogP contribution in [0.5, 0.6) is 0 Å². The average Bonchev–Trinajstić information content (AvgIpc) is 2.12. The zero-order valence-electron chi connectivity index (χ0n) is 8.39. The first-order valence-corrected chi connectivity index (χ1v) is 5.17. The summed E-state index contributed by atoms with van der Waals surface area (Å²) < 4.78 is 131. The molecule has 0 aromatic heterocycles. The first-order chi connectivity index (χ1) is 8.40. The van der Waals surface area contributed by atoms with Crippen molar-refractivity contribution >= 4 is 16.2 Å². The highest BCUT2D eigenvalue weighted by Gasteiger charge is 2.76. The van der Waals surface area contributed by atoms with E-state index < -0.39 is 39.6 Å². The van der Waals surface area contributed by atoms with Gasteiger partial charge in [0.1, 0.15) is 0 Å². The van der Waals surface area contributed by atoms with Gasteiger partial charge in [-0.05, 0) is 0 Å². The van der Waals surface area contributed by atoms with Crippen LogP contribution in [-0.2, 0) is 19.8 Å². The summed E-state index contributed by atoms with van der Waals surface area (Å²) in [6.07, 6.45) is -13.8. The van der Waals surface area contributed by atoms with Crippen LogP contribution in [-0.4, -0.2) is 42.9 Å². The van der Waals surface area contributed by atoms with Crippen molar-refractivity contribution < 1.29 is 62.1 Å². The van der Waals surface area contributed by atoms with Crippen molar-refractivity contribution in [3.8, 4) is 0 Å². The first kappa shape index (κ1) is 18.8. The molecule has 0 spiro atoms. The van der Waals surface area contributed by atoms with Gasteiger partial charge < -0.3 is 5.11 Å².